The Morgan fingerprint density at radius 1 is 0.936 bits per heavy atom. The van der Waals surface area contributed by atoms with E-state index in [1.165, 1.54) is 11.6 Å². The molecule has 3 aromatic heterocycles. The minimum absolute atomic E-state index is 0. The fourth-order valence-electron chi connectivity index (χ4n) is 7.44. The van der Waals surface area contributed by atoms with Crippen LogP contribution in [-0.2, 0) is 13.1 Å². The third-order valence-corrected chi connectivity index (χ3v) is 10.3. The summed E-state index contributed by atoms with van der Waals surface area (Å²) in [6.45, 7) is 8.71. The molecule has 1 atom stereocenters. The summed E-state index contributed by atoms with van der Waals surface area (Å²) in [6, 6.07) is 13.0. The van der Waals surface area contributed by atoms with Crippen molar-refractivity contribution in [3.63, 3.8) is 0 Å². The van der Waals surface area contributed by atoms with Gasteiger partial charge < -0.3 is 19.7 Å². The summed E-state index contributed by atoms with van der Waals surface area (Å²) < 4.78 is 18.1. The minimum atomic E-state index is -0.300. The van der Waals surface area contributed by atoms with Crippen molar-refractivity contribution in [2.75, 3.05) is 43.0 Å². The highest BCUT2D eigenvalue weighted by atomic mass is 35.5. The maximum atomic E-state index is 15.8. The lowest BCUT2D eigenvalue weighted by Crippen LogP contribution is -2.48. The van der Waals surface area contributed by atoms with E-state index in [-0.39, 0.29) is 29.7 Å². The Morgan fingerprint density at radius 3 is 2.45 bits per heavy atom. The number of hydrogen-bond acceptors (Lipinski definition) is 7. The molecule has 7 rings (SSSR count). The van der Waals surface area contributed by atoms with E-state index in [2.05, 4.69) is 65.0 Å². The largest absolute Gasteiger partial charge is 0.369 e. The number of pyridine rings is 3. The van der Waals surface area contributed by atoms with Crippen LogP contribution in [-0.4, -0.2) is 64.7 Å². The van der Waals surface area contributed by atoms with Crippen LogP contribution >= 0.6 is 12.4 Å². The first-order chi connectivity index (χ1) is 22.4. The number of anilines is 2. The Bertz CT molecular complexity index is 1750. The molecule has 1 saturated carbocycles. The lowest BCUT2D eigenvalue weighted by molar-refractivity contribution is 0.158. The fraction of sp³-hybridized carbons (Fsp3) is 0.486. The van der Waals surface area contributed by atoms with Gasteiger partial charge in [0.1, 0.15) is 5.82 Å². The predicted molar refractivity (Wildman–Crippen MR) is 190 cm³/mol. The smallest absolute Gasteiger partial charge is 0.193 e. The van der Waals surface area contributed by atoms with Crippen molar-refractivity contribution < 1.29 is 4.39 Å². The molecule has 0 radical (unpaired) electrons. The molecular weight excluding hydrogens is 613 g/mol. The van der Waals surface area contributed by atoms with Crippen LogP contribution in [0.5, 0.6) is 0 Å². The molecule has 2 aliphatic heterocycles. The second-order valence-electron chi connectivity index (χ2n) is 13.6. The first-order valence-electron chi connectivity index (χ1n) is 17.0. The maximum absolute atomic E-state index is 15.8. The maximum Gasteiger partial charge on any atom is 0.193 e. The van der Waals surface area contributed by atoms with Gasteiger partial charge in [-0.15, -0.1) is 12.4 Å². The molecule has 3 aliphatic rings. The highest BCUT2D eigenvalue weighted by Gasteiger charge is 2.30. The summed E-state index contributed by atoms with van der Waals surface area (Å²) in [6.07, 6.45) is 12.2. The SMILES string of the molecule is CNC1CCN(c2cc3c(cc2F)c(=O)c(CN(Cc2ccnc(C)c2)[C@H]2CCCN(c4ccc(C)nc4)C2)cn3C2CC2)CC1.Cl. The van der Waals surface area contributed by atoms with E-state index in [4.69, 9.17) is 0 Å². The molecule has 1 aliphatic carbocycles. The van der Waals surface area contributed by atoms with Crippen LogP contribution in [0.1, 0.15) is 67.1 Å². The molecule has 0 unspecified atom stereocenters. The number of fused-ring (bicyclic) bond motifs is 1. The van der Waals surface area contributed by atoms with E-state index in [0.29, 0.717) is 36.2 Å². The second-order valence-corrected chi connectivity index (χ2v) is 13.6. The first-order valence-corrected chi connectivity index (χ1v) is 17.0. The number of nitrogens with one attached hydrogen (secondary N) is 1. The number of halogens is 2. The predicted octanol–water partition coefficient (Wildman–Crippen LogP) is 6.16. The highest BCUT2D eigenvalue weighted by Crippen LogP contribution is 2.38. The molecule has 0 amide bonds. The summed E-state index contributed by atoms with van der Waals surface area (Å²) in [5, 5.41) is 3.85. The van der Waals surface area contributed by atoms with E-state index in [1.807, 2.05) is 39.4 Å². The van der Waals surface area contributed by atoms with Crippen LogP contribution in [0.4, 0.5) is 15.8 Å². The summed E-state index contributed by atoms with van der Waals surface area (Å²) >= 11 is 0. The zero-order valence-electron chi connectivity index (χ0n) is 27.8. The zero-order chi connectivity index (χ0) is 31.8. The van der Waals surface area contributed by atoms with E-state index >= 15 is 4.39 Å². The van der Waals surface area contributed by atoms with Crippen LogP contribution in [0.2, 0.25) is 0 Å². The molecule has 0 bridgehead atoms. The Morgan fingerprint density at radius 2 is 1.74 bits per heavy atom. The number of piperidine rings is 2. The lowest BCUT2D eigenvalue weighted by atomic mass is 10.0. The van der Waals surface area contributed by atoms with Gasteiger partial charge in [-0.2, -0.15) is 0 Å². The van der Waals surface area contributed by atoms with Crippen LogP contribution in [0.15, 0.2) is 59.8 Å². The van der Waals surface area contributed by atoms with E-state index in [9.17, 15) is 4.79 Å². The monoisotopic (exact) mass is 659 g/mol. The van der Waals surface area contributed by atoms with Crippen molar-refractivity contribution in [1.29, 1.82) is 0 Å². The minimum Gasteiger partial charge on any atom is -0.369 e. The van der Waals surface area contributed by atoms with Gasteiger partial charge in [0.05, 0.1) is 23.1 Å². The van der Waals surface area contributed by atoms with Crippen molar-refractivity contribution in [3.05, 3.63) is 93.5 Å². The molecular formula is C37H47ClFN7O. The highest BCUT2D eigenvalue weighted by molar-refractivity contribution is 5.85. The summed E-state index contributed by atoms with van der Waals surface area (Å²) in [7, 11) is 1.99. The number of aromatic nitrogens is 3. The van der Waals surface area contributed by atoms with Crippen molar-refractivity contribution in [3.8, 4) is 0 Å². The van der Waals surface area contributed by atoms with E-state index < -0.39 is 0 Å². The number of nitrogens with zero attached hydrogens (tertiary/aromatic N) is 6. The topological polar surface area (TPSA) is 69.5 Å². The first kappa shape index (κ1) is 33.4. The van der Waals surface area contributed by atoms with Crippen molar-refractivity contribution in [2.45, 2.75) is 83.6 Å². The van der Waals surface area contributed by atoms with Gasteiger partial charge in [-0.05, 0) is 101 Å². The van der Waals surface area contributed by atoms with Crippen LogP contribution in [0.3, 0.4) is 0 Å². The van der Waals surface area contributed by atoms with Crippen molar-refractivity contribution in [1.82, 2.24) is 24.8 Å². The average molecular weight is 660 g/mol. The molecule has 4 aromatic rings. The van der Waals surface area contributed by atoms with Crippen molar-refractivity contribution in [2.24, 2.45) is 0 Å². The van der Waals surface area contributed by atoms with Gasteiger partial charge in [0.25, 0.3) is 0 Å². The lowest BCUT2D eigenvalue weighted by Gasteiger charge is -2.40. The zero-order valence-corrected chi connectivity index (χ0v) is 28.6. The Balaban J connectivity index is 0.00000386. The summed E-state index contributed by atoms with van der Waals surface area (Å²) in [4.78, 5) is 30.2. The van der Waals surface area contributed by atoms with Crippen LogP contribution in [0.25, 0.3) is 10.9 Å². The van der Waals surface area contributed by atoms with Crippen LogP contribution in [0, 0.1) is 19.7 Å². The van der Waals surface area contributed by atoms with Gasteiger partial charge >= 0.3 is 0 Å². The molecule has 250 valence electrons. The normalized spacial score (nSPS) is 19.0. The van der Waals surface area contributed by atoms with Gasteiger partial charge in [0, 0.05) is 92.1 Å². The molecule has 47 heavy (non-hydrogen) atoms. The molecule has 0 spiro atoms. The third-order valence-electron chi connectivity index (χ3n) is 10.3. The second kappa shape index (κ2) is 14.3. The Hall–Kier alpha value is -3.53. The number of rotatable bonds is 9. The average Bonchev–Trinajstić information content (AvgIpc) is 3.92. The van der Waals surface area contributed by atoms with E-state index in [0.717, 1.165) is 92.9 Å². The molecule has 8 nitrogen and oxygen atoms in total. The molecule has 5 heterocycles. The van der Waals surface area contributed by atoms with Gasteiger partial charge in [-0.3, -0.25) is 19.7 Å². The summed E-state index contributed by atoms with van der Waals surface area (Å²) in [5.41, 5.74) is 6.47. The van der Waals surface area contributed by atoms with E-state index in [1.54, 1.807) is 0 Å². The Kier molecular flexibility index (Phi) is 10.2. The standard InChI is InChI=1S/C37H46FN7O.ClH/c1-25-6-7-31(20-41-25)43-14-4-5-32(24-43)44(21-27-10-13-40-26(2)17-27)22-28-23-45(30-8-9-30)35-19-36(34(38)18-33(35)37(28)46)42-15-11-29(39-3)12-16-42;/h6-7,10,13,17-20,23,29-30,32,39H,4-5,8-9,11-12,14-16,21-22,24H2,1-3H3;1H/t32-;/m0./s1. The number of hydrogen-bond donors (Lipinski definition) is 1. The number of aryl methyl sites for hydroxylation is 2. The van der Waals surface area contributed by atoms with Gasteiger partial charge in [0.2, 0.25) is 0 Å². The van der Waals surface area contributed by atoms with Crippen LogP contribution < -0.4 is 20.5 Å². The quantitative estimate of drug-likeness (QED) is 0.231. The third kappa shape index (κ3) is 7.32. The summed E-state index contributed by atoms with van der Waals surface area (Å²) in [5.74, 6) is -0.300. The molecule has 2 saturated heterocycles. The van der Waals surface area contributed by atoms with Gasteiger partial charge in [0.15, 0.2) is 5.43 Å². The molecule has 1 N–H and O–H groups in total. The fourth-order valence-corrected chi connectivity index (χ4v) is 7.44. The number of benzene rings is 1. The Labute approximate surface area is 283 Å². The molecule has 1 aromatic carbocycles. The van der Waals surface area contributed by atoms with Crippen molar-refractivity contribution >= 4 is 34.7 Å². The molecule has 3 fully saturated rings. The van der Waals surface area contributed by atoms with Gasteiger partial charge in [-0.1, -0.05) is 0 Å². The molecule has 10 heteroatoms. The van der Waals surface area contributed by atoms with Gasteiger partial charge in [-0.25, -0.2) is 4.39 Å².